The molecule has 6 rings (SSSR count). The molecule has 0 aliphatic carbocycles. The number of piperazine rings is 1. The van der Waals surface area contributed by atoms with Crippen LogP contribution in [0, 0.1) is 6.92 Å². The number of piperidine rings is 1. The summed E-state index contributed by atoms with van der Waals surface area (Å²) in [7, 11) is -0.373. The number of aromatic nitrogens is 2. The molecule has 276 valence electrons. The summed E-state index contributed by atoms with van der Waals surface area (Å²) in [6.07, 6.45) is 4.43. The van der Waals surface area contributed by atoms with E-state index in [2.05, 4.69) is 37.3 Å². The number of benzene rings is 3. The highest BCUT2D eigenvalue weighted by Crippen LogP contribution is 2.37. The van der Waals surface area contributed by atoms with Crippen LogP contribution in [0.1, 0.15) is 24.0 Å². The summed E-state index contributed by atoms with van der Waals surface area (Å²) in [5.74, 6) is 1.25. The standard InChI is InChI=1S/C37H45ClN8O5S/c1-26-22-31(41-36-39-24-29(38)35(42-36)40-30-12-8-9-13-32(30)43(2)52(4,48)49)34(50-3)23-33(26)45-16-14-28(15-17-45)44-18-20-46(21-19-44)37(47)51-25-27-10-6-5-7-11-27/h5-13,22-24,28H,14-21,25H2,1-4H3,(H2,39,40,41,42). The van der Waals surface area contributed by atoms with Gasteiger partial charge in [0.1, 0.15) is 17.4 Å². The van der Waals surface area contributed by atoms with E-state index >= 15 is 0 Å². The first-order valence-electron chi connectivity index (χ1n) is 17.2. The second kappa shape index (κ2) is 16.3. The van der Waals surface area contributed by atoms with Gasteiger partial charge in [0.2, 0.25) is 16.0 Å². The number of rotatable bonds is 11. The zero-order valence-corrected chi connectivity index (χ0v) is 31.5. The Morgan fingerprint density at radius 2 is 1.65 bits per heavy atom. The topological polar surface area (TPSA) is 132 Å². The Morgan fingerprint density at radius 1 is 0.962 bits per heavy atom. The maximum Gasteiger partial charge on any atom is 0.410 e. The zero-order valence-electron chi connectivity index (χ0n) is 29.9. The van der Waals surface area contributed by atoms with Gasteiger partial charge >= 0.3 is 6.09 Å². The minimum Gasteiger partial charge on any atom is -0.494 e. The van der Waals surface area contributed by atoms with E-state index in [-0.39, 0.29) is 23.7 Å². The van der Waals surface area contributed by atoms with Crippen LogP contribution in [0.4, 0.5) is 39.3 Å². The van der Waals surface area contributed by atoms with E-state index in [4.69, 9.17) is 21.1 Å². The third-order valence-corrected chi connectivity index (χ3v) is 11.1. The fourth-order valence-electron chi connectivity index (χ4n) is 6.63. The van der Waals surface area contributed by atoms with Gasteiger partial charge in [0, 0.05) is 64.1 Å². The van der Waals surface area contributed by atoms with E-state index in [9.17, 15) is 13.2 Å². The van der Waals surface area contributed by atoms with E-state index in [1.807, 2.05) is 47.4 Å². The molecule has 0 radical (unpaired) electrons. The number of nitrogens with one attached hydrogen (secondary N) is 2. The summed E-state index contributed by atoms with van der Waals surface area (Å²) in [6, 6.07) is 21.3. The first-order chi connectivity index (χ1) is 25.0. The lowest BCUT2D eigenvalue weighted by molar-refractivity contribution is 0.0554. The highest BCUT2D eigenvalue weighted by atomic mass is 35.5. The number of aryl methyl sites for hydroxylation is 1. The van der Waals surface area contributed by atoms with Gasteiger partial charge in [0.25, 0.3) is 0 Å². The molecule has 2 aliphatic heterocycles. The lowest BCUT2D eigenvalue weighted by Crippen LogP contribution is -2.54. The number of carbonyl (C=O) groups excluding carboxylic acids is 1. The molecule has 2 aliphatic rings. The van der Waals surface area contributed by atoms with Crippen LogP contribution >= 0.6 is 11.6 Å². The highest BCUT2D eigenvalue weighted by Gasteiger charge is 2.30. The molecule has 0 spiro atoms. The predicted molar refractivity (Wildman–Crippen MR) is 206 cm³/mol. The summed E-state index contributed by atoms with van der Waals surface area (Å²) >= 11 is 6.47. The molecule has 0 bridgehead atoms. The highest BCUT2D eigenvalue weighted by molar-refractivity contribution is 7.92. The number of amides is 1. The van der Waals surface area contributed by atoms with Crippen LogP contribution < -0.4 is 24.6 Å². The Labute approximate surface area is 310 Å². The Kier molecular flexibility index (Phi) is 11.6. The number of hydrogen-bond donors (Lipinski definition) is 2. The Bertz CT molecular complexity index is 1970. The van der Waals surface area contributed by atoms with Crippen LogP contribution in [0.2, 0.25) is 5.02 Å². The summed E-state index contributed by atoms with van der Waals surface area (Å²) in [6.45, 7) is 7.20. The van der Waals surface area contributed by atoms with E-state index < -0.39 is 10.0 Å². The van der Waals surface area contributed by atoms with Gasteiger partial charge < -0.3 is 29.9 Å². The van der Waals surface area contributed by atoms with Gasteiger partial charge in [-0.3, -0.25) is 9.21 Å². The summed E-state index contributed by atoms with van der Waals surface area (Å²) in [5, 5.41) is 6.71. The molecule has 1 aromatic heterocycles. The second-order valence-corrected chi connectivity index (χ2v) is 15.4. The minimum absolute atomic E-state index is 0.249. The predicted octanol–water partition coefficient (Wildman–Crippen LogP) is 6.25. The molecular formula is C37H45ClN8O5S. The van der Waals surface area contributed by atoms with Gasteiger partial charge in [-0.05, 0) is 49.1 Å². The maximum absolute atomic E-state index is 12.7. The van der Waals surface area contributed by atoms with Crippen molar-refractivity contribution in [3.63, 3.8) is 0 Å². The maximum atomic E-state index is 12.7. The van der Waals surface area contributed by atoms with Gasteiger partial charge in [-0.15, -0.1) is 0 Å². The number of hydrogen-bond acceptors (Lipinski definition) is 11. The molecule has 13 nitrogen and oxygen atoms in total. The lowest BCUT2D eigenvalue weighted by atomic mass is 10.0. The van der Waals surface area contributed by atoms with Crippen LogP contribution in [0.3, 0.4) is 0 Å². The number of carbonyl (C=O) groups is 1. The van der Waals surface area contributed by atoms with Crippen LogP contribution in [0.15, 0.2) is 72.9 Å². The summed E-state index contributed by atoms with van der Waals surface area (Å²) in [5.41, 5.74) is 4.84. The van der Waals surface area contributed by atoms with E-state index in [1.54, 1.807) is 31.4 Å². The van der Waals surface area contributed by atoms with Gasteiger partial charge in [-0.1, -0.05) is 54.1 Å². The summed E-state index contributed by atoms with van der Waals surface area (Å²) < 4.78 is 37.0. The lowest BCUT2D eigenvalue weighted by Gasteiger charge is -2.43. The average molecular weight is 749 g/mol. The number of ether oxygens (including phenoxy) is 2. The van der Waals surface area contributed by atoms with Crippen molar-refractivity contribution in [2.24, 2.45) is 0 Å². The monoisotopic (exact) mass is 748 g/mol. The first-order valence-corrected chi connectivity index (χ1v) is 19.5. The van der Waals surface area contributed by atoms with Crippen molar-refractivity contribution in [3.05, 3.63) is 89.1 Å². The average Bonchev–Trinajstić information content (AvgIpc) is 3.15. The molecule has 2 N–H and O–H groups in total. The number of nitrogens with zero attached hydrogens (tertiary/aromatic N) is 6. The van der Waals surface area contributed by atoms with Crippen molar-refractivity contribution in [1.29, 1.82) is 0 Å². The Morgan fingerprint density at radius 3 is 2.35 bits per heavy atom. The molecule has 3 heterocycles. The van der Waals surface area contributed by atoms with Gasteiger partial charge in [-0.2, -0.15) is 4.98 Å². The first kappa shape index (κ1) is 37.0. The number of para-hydroxylation sites is 2. The van der Waals surface area contributed by atoms with Crippen LogP contribution in [0.5, 0.6) is 5.75 Å². The van der Waals surface area contributed by atoms with Gasteiger partial charge in [-0.25, -0.2) is 18.2 Å². The van der Waals surface area contributed by atoms with Crippen molar-refractivity contribution in [3.8, 4) is 5.75 Å². The summed E-state index contributed by atoms with van der Waals surface area (Å²) in [4.78, 5) is 28.4. The fraction of sp³-hybridized carbons (Fsp3) is 0.378. The normalized spacial score (nSPS) is 15.6. The number of anilines is 6. The van der Waals surface area contributed by atoms with Crippen molar-refractivity contribution >= 4 is 62.2 Å². The molecular weight excluding hydrogens is 704 g/mol. The van der Waals surface area contributed by atoms with Gasteiger partial charge in [0.15, 0.2) is 5.82 Å². The molecule has 4 aromatic rings. The van der Waals surface area contributed by atoms with E-state index in [1.165, 1.54) is 17.5 Å². The Hall–Kier alpha value is -4.79. The van der Waals surface area contributed by atoms with Crippen LogP contribution in [-0.2, 0) is 21.4 Å². The SMILES string of the molecule is COc1cc(N2CCC(N3CCN(C(=O)OCc4ccccc4)CC3)CC2)c(C)cc1Nc1ncc(Cl)c(Nc2ccccc2N(C)S(C)(=O)=O)n1. The van der Waals surface area contributed by atoms with Crippen molar-refractivity contribution in [1.82, 2.24) is 19.8 Å². The quantitative estimate of drug-likeness (QED) is 0.180. The third-order valence-electron chi connectivity index (χ3n) is 9.60. The Balaban J connectivity index is 1.06. The van der Waals surface area contributed by atoms with E-state index in [0.717, 1.165) is 62.1 Å². The second-order valence-electron chi connectivity index (χ2n) is 13.0. The van der Waals surface area contributed by atoms with Crippen molar-refractivity contribution < 1.29 is 22.7 Å². The van der Waals surface area contributed by atoms with Gasteiger partial charge in [0.05, 0.1) is 36.6 Å². The smallest absolute Gasteiger partial charge is 0.410 e. The molecule has 2 fully saturated rings. The van der Waals surface area contributed by atoms with E-state index in [0.29, 0.717) is 47.8 Å². The minimum atomic E-state index is -3.49. The zero-order chi connectivity index (χ0) is 36.8. The molecule has 3 aromatic carbocycles. The van der Waals surface area contributed by atoms with Crippen molar-refractivity contribution in [2.45, 2.75) is 32.4 Å². The molecule has 15 heteroatoms. The molecule has 2 saturated heterocycles. The fourth-order valence-corrected chi connectivity index (χ4v) is 7.29. The number of methoxy groups -OCH3 is 1. The largest absolute Gasteiger partial charge is 0.494 e. The van der Waals surface area contributed by atoms with Crippen LogP contribution in [0.25, 0.3) is 0 Å². The molecule has 0 atom stereocenters. The van der Waals surface area contributed by atoms with Crippen molar-refractivity contribution in [2.75, 3.05) is 79.5 Å². The molecule has 1 amide bonds. The number of halogens is 1. The molecule has 0 unspecified atom stereocenters. The third kappa shape index (κ3) is 8.80. The van der Waals surface area contributed by atoms with Crippen LogP contribution in [-0.4, -0.2) is 100 Å². The molecule has 0 saturated carbocycles. The molecule has 52 heavy (non-hydrogen) atoms. The number of sulfonamides is 1.